The van der Waals surface area contributed by atoms with Gasteiger partial charge in [-0.25, -0.2) is 4.98 Å². The molecule has 0 radical (unpaired) electrons. The van der Waals surface area contributed by atoms with Gasteiger partial charge in [0.15, 0.2) is 0 Å². The molecule has 7 nitrogen and oxygen atoms in total. The molecule has 0 aliphatic carbocycles. The second kappa shape index (κ2) is 9.25. The van der Waals surface area contributed by atoms with E-state index in [-0.39, 0.29) is 11.8 Å². The number of nitrogens with zero attached hydrogens (tertiary/aromatic N) is 5. The van der Waals surface area contributed by atoms with Crippen LogP contribution in [0.1, 0.15) is 40.8 Å². The highest BCUT2D eigenvalue weighted by molar-refractivity contribution is 5.93. The third-order valence-corrected chi connectivity index (χ3v) is 6.67. The molecule has 4 aromatic rings. The van der Waals surface area contributed by atoms with Crippen molar-refractivity contribution in [2.24, 2.45) is 5.92 Å². The third-order valence-electron chi connectivity index (χ3n) is 6.67. The van der Waals surface area contributed by atoms with Crippen LogP contribution >= 0.6 is 0 Å². The molecule has 3 heterocycles. The monoisotopic (exact) mass is 454 g/mol. The number of fused-ring (bicyclic) bond motifs is 1. The van der Waals surface area contributed by atoms with Gasteiger partial charge in [-0.05, 0) is 56.4 Å². The number of nitrogens with one attached hydrogen (secondary N) is 1. The number of hydrogen-bond acceptors (Lipinski definition) is 5. The summed E-state index contributed by atoms with van der Waals surface area (Å²) in [5.41, 5.74) is 6.39. The number of carbonyl (C=O) groups is 1. The molecular weight excluding hydrogens is 424 g/mol. The lowest BCUT2D eigenvalue weighted by Crippen LogP contribution is -2.42. The van der Waals surface area contributed by atoms with Crippen molar-refractivity contribution >= 4 is 23.2 Å². The van der Waals surface area contributed by atoms with Crippen molar-refractivity contribution in [3.8, 4) is 0 Å². The minimum Gasteiger partial charge on any atom is -0.355 e. The zero-order valence-corrected chi connectivity index (χ0v) is 20.0. The van der Waals surface area contributed by atoms with Crippen molar-refractivity contribution in [1.29, 1.82) is 0 Å². The predicted octanol–water partition coefficient (Wildman–Crippen LogP) is 4.50. The highest BCUT2D eigenvalue weighted by Crippen LogP contribution is 2.30. The van der Waals surface area contributed by atoms with Gasteiger partial charge in [-0.15, -0.1) is 0 Å². The standard InChI is InChI=1S/C27H30N6O/c1-18-11-12-19(2)24(14-18)31-25(34)22-10-7-13-32(16-22)26-23(15-21-8-5-4-6-9-21)20(3)30-27-28-17-29-33(26)27/h4-6,8-9,11-12,14,17,22H,7,10,13,15-16H2,1-3H3,(H,31,34)/t22-/m1/s1. The molecule has 0 spiro atoms. The first-order valence-electron chi connectivity index (χ1n) is 11.9. The average Bonchev–Trinajstić information content (AvgIpc) is 3.30. The Morgan fingerprint density at radius 2 is 1.94 bits per heavy atom. The summed E-state index contributed by atoms with van der Waals surface area (Å²) in [5, 5.41) is 7.68. The molecule has 1 saturated heterocycles. The van der Waals surface area contributed by atoms with E-state index in [2.05, 4.69) is 56.7 Å². The lowest BCUT2D eigenvalue weighted by molar-refractivity contribution is -0.120. The third kappa shape index (κ3) is 4.38. The molecule has 7 heteroatoms. The fraction of sp³-hybridized carbons (Fsp3) is 0.333. The van der Waals surface area contributed by atoms with E-state index in [1.54, 1.807) is 6.33 Å². The molecular formula is C27H30N6O. The van der Waals surface area contributed by atoms with Crippen LogP contribution in [0.25, 0.3) is 5.78 Å². The van der Waals surface area contributed by atoms with Gasteiger partial charge < -0.3 is 10.2 Å². The highest BCUT2D eigenvalue weighted by Gasteiger charge is 2.30. The van der Waals surface area contributed by atoms with E-state index in [0.717, 1.165) is 59.7 Å². The SMILES string of the molecule is Cc1ccc(C)c(NC(=O)[C@@H]2CCCN(c3c(Cc4ccccc4)c(C)nc4ncnn34)C2)c1. The Bertz CT molecular complexity index is 1330. The second-order valence-corrected chi connectivity index (χ2v) is 9.23. The lowest BCUT2D eigenvalue weighted by Gasteiger charge is -2.35. The molecule has 5 rings (SSSR count). The summed E-state index contributed by atoms with van der Waals surface area (Å²) in [6, 6.07) is 16.6. The molecule has 1 aliphatic heterocycles. The van der Waals surface area contributed by atoms with Crippen LogP contribution in [-0.4, -0.2) is 38.6 Å². The molecule has 0 saturated carbocycles. The Kier molecular flexibility index (Phi) is 6.01. The van der Waals surface area contributed by atoms with E-state index in [0.29, 0.717) is 12.3 Å². The number of rotatable bonds is 5. The second-order valence-electron chi connectivity index (χ2n) is 9.23. The van der Waals surface area contributed by atoms with Crippen molar-refractivity contribution in [2.75, 3.05) is 23.3 Å². The molecule has 1 aliphatic rings. The van der Waals surface area contributed by atoms with Gasteiger partial charge in [0.1, 0.15) is 12.1 Å². The van der Waals surface area contributed by atoms with Crippen LogP contribution in [0.3, 0.4) is 0 Å². The maximum absolute atomic E-state index is 13.3. The van der Waals surface area contributed by atoms with Gasteiger partial charge in [0.25, 0.3) is 5.78 Å². The first-order chi connectivity index (χ1) is 16.5. The molecule has 1 atom stereocenters. The molecule has 1 fully saturated rings. The highest BCUT2D eigenvalue weighted by atomic mass is 16.1. The predicted molar refractivity (Wildman–Crippen MR) is 134 cm³/mol. The van der Waals surface area contributed by atoms with Gasteiger partial charge in [0.2, 0.25) is 5.91 Å². The van der Waals surface area contributed by atoms with E-state index >= 15 is 0 Å². The van der Waals surface area contributed by atoms with Gasteiger partial charge in [0.05, 0.1) is 5.92 Å². The fourth-order valence-corrected chi connectivity index (χ4v) is 4.79. The zero-order valence-electron chi connectivity index (χ0n) is 20.0. The summed E-state index contributed by atoms with van der Waals surface area (Å²) in [4.78, 5) is 24.6. The first kappa shape index (κ1) is 22.1. The number of aromatic nitrogens is 4. The van der Waals surface area contributed by atoms with E-state index in [1.165, 1.54) is 5.56 Å². The first-order valence-corrected chi connectivity index (χ1v) is 11.9. The Morgan fingerprint density at radius 3 is 2.76 bits per heavy atom. The van der Waals surface area contributed by atoms with Crippen LogP contribution in [0.4, 0.5) is 11.5 Å². The summed E-state index contributed by atoms with van der Waals surface area (Å²) in [7, 11) is 0. The number of aryl methyl sites for hydroxylation is 3. The van der Waals surface area contributed by atoms with Crippen LogP contribution in [0.15, 0.2) is 54.9 Å². The number of anilines is 2. The van der Waals surface area contributed by atoms with Crippen molar-refractivity contribution in [3.63, 3.8) is 0 Å². The van der Waals surface area contributed by atoms with E-state index < -0.39 is 0 Å². The van der Waals surface area contributed by atoms with E-state index in [1.807, 2.05) is 37.4 Å². The summed E-state index contributed by atoms with van der Waals surface area (Å²) in [5.74, 6) is 1.55. The van der Waals surface area contributed by atoms with Crippen LogP contribution < -0.4 is 10.2 Å². The van der Waals surface area contributed by atoms with Crippen LogP contribution in [-0.2, 0) is 11.2 Å². The maximum atomic E-state index is 13.3. The Balaban J connectivity index is 1.46. The van der Waals surface area contributed by atoms with Crippen LogP contribution in [0, 0.1) is 26.7 Å². The van der Waals surface area contributed by atoms with Crippen molar-refractivity contribution in [1.82, 2.24) is 19.6 Å². The maximum Gasteiger partial charge on any atom is 0.254 e. The fourth-order valence-electron chi connectivity index (χ4n) is 4.79. The summed E-state index contributed by atoms with van der Waals surface area (Å²) >= 11 is 0. The molecule has 2 aromatic carbocycles. The van der Waals surface area contributed by atoms with Crippen molar-refractivity contribution in [2.45, 2.75) is 40.0 Å². The Labute approximate surface area is 199 Å². The average molecular weight is 455 g/mol. The van der Waals surface area contributed by atoms with Gasteiger partial charge >= 0.3 is 0 Å². The molecule has 0 unspecified atom stereocenters. The number of piperidine rings is 1. The molecule has 2 aromatic heterocycles. The number of hydrogen-bond donors (Lipinski definition) is 1. The molecule has 34 heavy (non-hydrogen) atoms. The molecule has 174 valence electrons. The number of carbonyl (C=O) groups excluding carboxylic acids is 1. The van der Waals surface area contributed by atoms with Crippen LogP contribution in [0.2, 0.25) is 0 Å². The largest absolute Gasteiger partial charge is 0.355 e. The quantitative estimate of drug-likeness (QED) is 0.481. The Morgan fingerprint density at radius 1 is 1.12 bits per heavy atom. The van der Waals surface area contributed by atoms with Gasteiger partial charge in [-0.3, -0.25) is 4.79 Å². The smallest absolute Gasteiger partial charge is 0.254 e. The normalized spacial score (nSPS) is 16.1. The molecule has 1 amide bonds. The lowest BCUT2D eigenvalue weighted by atomic mass is 9.95. The zero-order chi connectivity index (χ0) is 23.7. The molecule has 0 bridgehead atoms. The summed E-state index contributed by atoms with van der Waals surface area (Å²) < 4.78 is 1.83. The van der Waals surface area contributed by atoms with Gasteiger partial charge in [0, 0.05) is 36.5 Å². The van der Waals surface area contributed by atoms with Gasteiger partial charge in [-0.1, -0.05) is 42.5 Å². The van der Waals surface area contributed by atoms with Gasteiger partial charge in [-0.2, -0.15) is 14.6 Å². The number of amides is 1. The minimum absolute atomic E-state index is 0.0728. The van der Waals surface area contributed by atoms with Crippen molar-refractivity contribution < 1.29 is 4.79 Å². The van der Waals surface area contributed by atoms with E-state index in [9.17, 15) is 4.79 Å². The topological polar surface area (TPSA) is 75.4 Å². The minimum atomic E-state index is -0.106. The van der Waals surface area contributed by atoms with Crippen LogP contribution in [0.5, 0.6) is 0 Å². The Hall–Kier alpha value is -3.74. The van der Waals surface area contributed by atoms with Crippen molar-refractivity contribution in [3.05, 3.63) is 82.8 Å². The number of benzene rings is 2. The molecule has 1 N–H and O–H groups in total. The summed E-state index contributed by atoms with van der Waals surface area (Å²) in [6.45, 7) is 7.61. The van der Waals surface area contributed by atoms with E-state index in [4.69, 9.17) is 4.98 Å². The summed E-state index contributed by atoms with van der Waals surface area (Å²) in [6.07, 6.45) is 4.10.